The number of thiazole rings is 2. The summed E-state index contributed by atoms with van der Waals surface area (Å²) in [5.41, 5.74) is 1.84. The lowest BCUT2D eigenvalue weighted by molar-refractivity contribution is 0.0532. The number of aliphatic hydroxyl groups is 1. The standard InChI is InChI=1S/C13H13NO3S.C11H11NO2S.C4H8O/c1-3-17-13(15)11-8-14-12(18-11)9-6-4-5-7-10(9)16-2;1-14-10-5-3-2-4-9(10)11-12-6-8(7-13)15-11;1-2-4-5-3-1/h4-8H,3H2,1-2H3;2-6,13H,7H2,1H3;1-4H2. The Bertz CT molecular complexity index is 1260. The minimum Gasteiger partial charge on any atom is -0.496 e. The molecule has 2 aromatic carbocycles. The Morgan fingerprint density at radius 3 is 1.92 bits per heavy atom. The second-order valence-corrected chi connectivity index (χ2v) is 9.91. The van der Waals surface area contributed by atoms with E-state index in [1.807, 2.05) is 48.5 Å². The summed E-state index contributed by atoms with van der Waals surface area (Å²) in [7, 11) is 3.25. The van der Waals surface area contributed by atoms with Crippen LogP contribution in [-0.2, 0) is 16.1 Å². The number of carbonyl (C=O) groups is 1. The molecule has 0 aliphatic carbocycles. The highest BCUT2D eigenvalue weighted by molar-refractivity contribution is 7.16. The van der Waals surface area contributed by atoms with Gasteiger partial charge in [0.05, 0.1) is 49.6 Å². The molecule has 8 nitrogen and oxygen atoms in total. The average Bonchev–Trinajstić information content (AvgIpc) is 3.77. The van der Waals surface area contributed by atoms with Gasteiger partial charge >= 0.3 is 5.97 Å². The minimum absolute atomic E-state index is 0.0345. The molecule has 0 bridgehead atoms. The van der Waals surface area contributed by atoms with Crippen LogP contribution in [0.5, 0.6) is 11.5 Å². The summed E-state index contributed by atoms with van der Waals surface area (Å²) in [4.78, 5) is 21.4. The smallest absolute Gasteiger partial charge is 0.349 e. The van der Waals surface area contributed by atoms with Gasteiger partial charge in [-0.1, -0.05) is 24.3 Å². The Morgan fingerprint density at radius 1 is 0.895 bits per heavy atom. The predicted octanol–water partition coefficient (Wildman–Crippen LogP) is 6.10. The highest BCUT2D eigenvalue weighted by Gasteiger charge is 2.14. The Kier molecular flexibility index (Phi) is 12.2. The Labute approximate surface area is 230 Å². The first-order valence-electron chi connectivity index (χ1n) is 12.1. The summed E-state index contributed by atoms with van der Waals surface area (Å²) in [5.74, 6) is 1.20. The molecule has 38 heavy (non-hydrogen) atoms. The Morgan fingerprint density at radius 2 is 1.45 bits per heavy atom. The topological polar surface area (TPSA) is 100 Å². The van der Waals surface area contributed by atoms with Gasteiger partial charge in [-0.25, -0.2) is 14.8 Å². The lowest BCUT2D eigenvalue weighted by atomic mass is 10.2. The van der Waals surface area contributed by atoms with Crippen LogP contribution in [0, 0.1) is 0 Å². The van der Waals surface area contributed by atoms with Gasteiger partial charge in [0.1, 0.15) is 26.4 Å². The zero-order valence-corrected chi connectivity index (χ0v) is 23.3. The summed E-state index contributed by atoms with van der Waals surface area (Å²) in [6.07, 6.45) is 5.77. The number of aliphatic hydroxyl groups excluding tert-OH is 1. The predicted molar refractivity (Wildman–Crippen MR) is 150 cm³/mol. The van der Waals surface area contributed by atoms with Crippen LogP contribution in [0.2, 0.25) is 0 Å². The molecule has 2 aromatic heterocycles. The van der Waals surface area contributed by atoms with Crippen LogP contribution >= 0.6 is 22.7 Å². The average molecular weight is 557 g/mol. The number of rotatable bonds is 7. The van der Waals surface area contributed by atoms with E-state index >= 15 is 0 Å². The quantitative estimate of drug-likeness (QED) is 0.273. The van der Waals surface area contributed by atoms with Crippen molar-refractivity contribution in [2.75, 3.05) is 34.0 Å². The molecule has 202 valence electrons. The molecule has 1 saturated heterocycles. The van der Waals surface area contributed by atoms with E-state index in [1.165, 1.54) is 41.7 Å². The van der Waals surface area contributed by atoms with Crippen LogP contribution in [0.4, 0.5) is 0 Å². The van der Waals surface area contributed by atoms with Crippen molar-refractivity contribution in [2.45, 2.75) is 26.4 Å². The van der Waals surface area contributed by atoms with Crippen LogP contribution in [0.15, 0.2) is 60.9 Å². The molecule has 5 rings (SSSR count). The number of aromatic nitrogens is 2. The molecule has 0 amide bonds. The van der Waals surface area contributed by atoms with E-state index in [-0.39, 0.29) is 12.6 Å². The first kappa shape index (κ1) is 29.2. The normalized spacial score (nSPS) is 12.0. The molecular formula is C28H32N2O6S2. The van der Waals surface area contributed by atoms with Gasteiger partial charge in [0.2, 0.25) is 0 Å². The fraction of sp³-hybridized carbons (Fsp3) is 0.321. The molecule has 0 atom stereocenters. The van der Waals surface area contributed by atoms with Gasteiger partial charge in [-0.3, -0.25) is 0 Å². The molecule has 4 aromatic rings. The molecule has 1 aliphatic rings. The summed E-state index contributed by atoms with van der Waals surface area (Å²) >= 11 is 2.77. The first-order chi connectivity index (χ1) is 18.6. The molecule has 1 aliphatic heterocycles. The zero-order valence-electron chi connectivity index (χ0n) is 21.7. The van der Waals surface area contributed by atoms with Crippen molar-refractivity contribution in [3.63, 3.8) is 0 Å². The van der Waals surface area contributed by atoms with Gasteiger partial charge in [0, 0.05) is 19.4 Å². The Balaban J connectivity index is 0.000000180. The number of para-hydroxylation sites is 2. The third-order valence-corrected chi connectivity index (χ3v) is 7.22. The summed E-state index contributed by atoms with van der Waals surface area (Å²) in [6.45, 7) is 4.17. The molecule has 0 spiro atoms. The maximum atomic E-state index is 11.6. The highest BCUT2D eigenvalue weighted by atomic mass is 32.1. The van der Waals surface area contributed by atoms with Gasteiger partial charge in [0.25, 0.3) is 0 Å². The number of carbonyl (C=O) groups excluding carboxylic acids is 1. The number of nitrogens with zero attached hydrogens (tertiary/aromatic N) is 2. The van der Waals surface area contributed by atoms with Crippen LogP contribution in [-0.4, -0.2) is 55.1 Å². The zero-order chi connectivity index (χ0) is 27.2. The fourth-order valence-corrected chi connectivity index (χ4v) is 5.00. The Hall–Kier alpha value is -3.31. The summed E-state index contributed by atoms with van der Waals surface area (Å²) in [5, 5.41) is 10.6. The highest BCUT2D eigenvalue weighted by Crippen LogP contribution is 2.33. The van der Waals surface area contributed by atoms with E-state index in [9.17, 15) is 4.79 Å². The number of esters is 1. The third kappa shape index (κ3) is 8.35. The largest absolute Gasteiger partial charge is 0.496 e. The molecular weight excluding hydrogens is 524 g/mol. The van der Waals surface area contributed by atoms with Gasteiger partial charge in [-0.15, -0.1) is 22.7 Å². The third-order valence-electron chi connectivity index (χ3n) is 5.19. The second-order valence-electron chi connectivity index (χ2n) is 7.76. The van der Waals surface area contributed by atoms with Gasteiger partial charge in [-0.05, 0) is 44.0 Å². The van der Waals surface area contributed by atoms with E-state index in [0.29, 0.717) is 11.5 Å². The van der Waals surface area contributed by atoms with Gasteiger partial charge < -0.3 is 24.1 Å². The van der Waals surface area contributed by atoms with Crippen LogP contribution < -0.4 is 9.47 Å². The summed E-state index contributed by atoms with van der Waals surface area (Å²) < 4.78 is 20.4. The SMILES string of the molecule is C1CCOC1.CCOC(=O)c1cnc(-c2ccccc2OC)s1.COc1ccccc1-c1ncc(CO)s1. The van der Waals surface area contributed by atoms with Gasteiger partial charge in [0.15, 0.2) is 0 Å². The van der Waals surface area contributed by atoms with Gasteiger partial charge in [-0.2, -0.15) is 0 Å². The fourth-order valence-electron chi connectivity index (χ4n) is 3.35. The van der Waals surface area contributed by atoms with Crippen molar-refractivity contribution in [1.29, 1.82) is 0 Å². The second kappa shape index (κ2) is 15.8. The first-order valence-corrected chi connectivity index (χ1v) is 13.8. The number of hydrogen-bond donors (Lipinski definition) is 1. The maximum absolute atomic E-state index is 11.6. The van der Waals surface area contributed by atoms with E-state index in [4.69, 9.17) is 24.1 Å². The molecule has 1 fully saturated rings. The van der Waals surface area contributed by atoms with Crippen molar-refractivity contribution in [3.8, 4) is 32.6 Å². The van der Waals surface area contributed by atoms with Crippen LogP contribution in [0.25, 0.3) is 21.1 Å². The van der Waals surface area contributed by atoms with Crippen LogP contribution in [0.3, 0.4) is 0 Å². The minimum atomic E-state index is -0.337. The molecule has 0 radical (unpaired) electrons. The molecule has 10 heteroatoms. The monoisotopic (exact) mass is 556 g/mol. The lowest BCUT2D eigenvalue weighted by Crippen LogP contribution is -2.01. The van der Waals surface area contributed by atoms with E-state index in [0.717, 1.165) is 50.7 Å². The number of benzene rings is 2. The van der Waals surface area contributed by atoms with Crippen molar-refractivity contribution in [3.05, 3.63) is 70.7 Å². The van der Waals surface area contributed by atoms with Crippen molar-refractivity contribution in [1.82, 2.24) is 9.97 Å². The van der Waals surface area contributed by atoms with Crippen molar-refractivity contribution < 1.29 is 28.8 Å². The van der Waals surface area contributed by atoms with Crippen molar-refractivity contribution in [2.24, 2.45) is 0 Å². The maximum Gasteiger partial charge on any atom is 0.349 e. The van der Waals surface area contributed by atoms with E-state index in [2.05, 4.69) is 9.97 Å². The number of ether oxygens (including phenoxy) is 4. The molecule has 0 saturated carbocycles. The molecule has 1 N–H and O–H groups in total. The number of methoxy groups -OCH3 is 2. The van der Waals surface area contributed by atoms with Crippen LogP contribution in [0.1, 0.15) is 34.3 Å². The van der Waals surface area contributed by atoms with E-state index in [1.54, 1.807) is 27.3 Å². The lowest BCUT2D eigenvalue weighted by Gasteiger charge is -2.04. The summed E-state index contributed by atoms with van der Waals surface area (Å²) in [6, 6.07) is 15.3. The van der Waals surface area contributed by atoms with Crippen molar-refractivity contribution >= 4 is 28.6 Å². The van der Waals surface area contributed by atoms with E-state index < -0.39 is 0 Å². The number of hydrogen-bond acceptors (Lipinski definition) is 10. The molecule has 3 heterocycles. The molecule has 0 unspecified atom stereocenters.